The number of nitrogens with zero attached hydrogens (tertiary/aromatic N) is 1. The van der Waals surface area contributed by atoms with Crippen LogP contribution in [0, 0.1) is 58.2 Å². The molecule has 9 atom stereocenters. The fourth-order valence-corrected chi connectivity index (χ4v) is 9.71. The van der Waals surface area contributed by atoms with Crippen molar-refractivity contribution in [2.75, 3.05) is 0 Å². The Kier molecular flexibility index (Phi) is 7.75. The Balaban J connectivity index is 1.58. The monoisotopic (exact) mass is 485 g/mol. The van der Waals surface area contributed by atoms with Gasteiger partial charge in [-0.25, -0.2) is 10.2 Å². The number of Topliss-reactive ketones (excluding diaryl/α,β-unsaturated/α-hetero) is 1. The van der Waals surface area contributed by atoms with Crippen LogP contribution < -0.4 is 11.2 Å². The van der Waals surface area contributed by atoms with Crippen LogP contribution in [-0.2, 0) is 4.79 Å². The van der Waals surface area contributed by atoms with Crippen LogP contribution in [0.25, 0.3) is 0 Å². The third kappa shape index (κ3) is 4.94. The normalized spacial score (nSPS) is 42.8. The van der Waals surface area contributed by atoms with Gasteiger partial charge in [-0.1, -0.05) is 53.9 Å². The maximum atomic E-state index is 12.3. The maximum Gasteiger partial charge on any atom is 0.332 e. The molecule has 0 aliphatic heterocycles. The first-order chi connectivity index (χ1) is 16.5. The smallest absolute Gasteiger partial charge is 0.332 e. The summed E-state index contributed by atoms with van der Waals surface area (Å²) in [5.41, 5.74) is 9.69. The van der Waals surface area contributed by atoms with Crippen molar-refractivity contribution in [1.29, 1.82) is 0 Å². The van der Waals surface area contributed by atoms with E-state index in [0.717, 1.165) is 55.1 Å². The highest BCUT2D eigenvalue weighted by atomic mass is 16.2. The number of carbonyl (C=O) groups is 2. The lowest BCUT2D eigenvalue weighted by Crippen LogP contribution is -2.57. The maximum absolute atomic E-state index is 12.3. The number of nitrogens with one attached hydrogen (secondary N) is 1. The van der Waals surface area contributed by atoms with Crippen LogP contribution in [0.2, 0.25) is 0 Å². The van der Waals surface area contributed by atoms with Gasteiger partial charge in [0.15, 0.2) is 0 Å². The Hall–Kier alpha value is -1.39. The average Bonchev–Trinajstić information content (AvgIpc) is 3.14. The Morgan fingerprint density at radius 2 is 1.71 bits per heavy atom. The molecule has 4 rings (SSSR count). The number of hydrazone groups is 1. The van der Waals surface area contributed by atoms with Crippen LogP contribution in [-0.4, -0.2) is 17.5 Å². The largest absolute Gasteiger partial charge is 0.350 e. The Bertz CT molecular complexity index is 837. The lowest BCUT2D eigenvalue weighted by molar-refractivity contribution is -0.126. The van der Waals surface area contributed by atoms with E-state index in [4.69, 9.17) is 5.73 Å². The SMILES string of the molecule is CC(=O)C1CC[C@@]2(C)[C@H](C1)/C(=N\NC(N)=O)C[C@@H]1[C@@H]2CC[C@]2(C)[C@@H]([C@H](C)CCCC(C)C)CC[C@@H]12. The Morgan fingerprint density at radius 1 is 1.03 bits per heavy atom. The van der Waals surface area contributed by atoms with E-state index in [2.05, 4.69) is 45.1 Å². The molecule has 0 bridgehead atoms. The summed E-state index contributed by atoms with van der Waals surface area (Å²) in [6.45, 7) is 14.0. The topological polar surface area (TPSA) is 84.6 Å². The van der Waals surface area contributed by atoms with Gasteiger partial charge in [0.25, 0.3) is 0 Å². The van der Waals surface area contributed by atoms with Gasteiger partial charge in [-0.15, -0.1) is 0 Å². The second-order valence-electron chi connectivity index (χ2n) is 13.8. The number of primary amides is 1. The molecule has 0 heterocycles. The van der Waals surface area contributed by atoms with Crippen LogP contribution in [0.3, 0.4) is 0 Å². The molecule has 3 N–H and O–H groups in total. The van der Waals surface area contributed by atoms with E-state index >= 15 is 0 Å². The zero-order valence-corrected chi connectivity index (χ0v) is 23.2. The molecule has 1 unspecified atom stereocenters. The molecular formula is C30H51N3O2. The first kappa shape index (κ1) is 26.7. The number of amides is 2. The number of ketones is 1. The molecule has 4 fully saturated rings. The van der Waals surface area contributed by atoms with Gasteiger partial charge in [-0.2, -0.15) is 5.10 Å². The fourth-order valence-electron chi connectivity index (χ4n) is 9.71. The summed E-state index contributed by atoms with van der Waals surface area (Å²) in [6, 6.07) is -0.593. The first-order valence-electron chi connectivity index (χ1n) is 14.6. The van der Waals surface area contributed by atoms with Gasteiger partial charge < -0.3 is 5.73 Å². The molecule has 0 aromatic carbocycles. The lowest BCUT2D eigenvalue weighted by Gasteiger charge is -2.61. The van der Waals surface area contributed by atoms with Gasteiger partial charge in [0, 0.05) is 17.5 Å². The van der Waals surface area contributed by atoms with E-state index in [-0.39, 0.29) is 17.3 Å². The van der Waals surface area contributed by atoms with Crippen LogP contribution in [0.4, 0.5) is 4.79 Å². The Labute approximate surface area is 213 Å². The standard InChI is InChI=1S/C30H51N3O2/c1-18(2)8-7-9-19(3)23-10-11-24-22-17-27(32-33-28(31)35)26-16-21(20(4)34)12-14-30(26,6)25(22)13-15-29(23,24)5/h18-19,21-26H,7-17H2,1-6H3,(H3,31,33,35)/b32-27-/t19-,21?,22+,23-,24+,25+,26-,29-,30-/m1/s1. The van der Waals surface area contributed by atoms with Gasteiger partial charge >= 0.3 is 6.03 Å². The first-order valence-corrected chi connectivity index (χ1v) is 14.6. The molecule has 0 radical (unpaired) electrons. The van der Waals surface area contributed by atoms with E-state index in [0.29, 0.717) is 23.0 Å². The number of rotatable bonds is 7. The second-order valence-corrected chi connectivity index (χ2v) is 13.8. The van der Waals surface area contributed by atoms with Crippen LogP contribution in [0.5, 0.6) is 0 Å². The molecule has 0 spiro atoms. The van der Waals surface area contributed by atoms with Crippen molar-refractivity contribution in [3.8, 4) is 0 Å². The van der Waals surface area contributed by atoms with E-state index in [9.17, 15) is 9.59 Å². The molecule has 0 aromatic rings. The van der Waals surface area contributed by atoms with Crippen molar-refractivity contribution in [2.24, 2.45) is 69.0 Å². The zero-order valence-electron chi connectivity index (χ0n) is 23.2. The highest BCUT2D eigenvalue weighted by Gasteiger charge is 2.62. The molecule has 198 valence electrons. The number of hydrogen-bond acceptors (Lipinski definition) is 3. The predicted octanol–water partition coefficient (Wildman–Crippen LogP) is 6.95. The summed E-state index contributed by atoms with van der Waals surface area (Å²) in [7, 11) is 0. The predicted molar refractivity (Wildman–Crippen MR) is 143 cm³/mol. The van der Waals surface area contributed by atoms with Crippen molar-refractivity contribution in [3.63, 3.8) is 0 Å². The van der Waals surface area contributed by atoms with Crippen LogP contribution in [0.1, 0.15) is 112 Å². The highest BCUT2D eigenvalue weighted by molar-refractivity contribution is 5.91. The fraction of sp³-hybridized carbons (Fsp3) is 0.900. The third-order valence-electron chi connectivity index (χ3n) is 11.6. The van der Waals surface area contributed by atoms with Crippen LogP contribution in [0.15, 0.2) is 5.10 Å². The third-order valence-corrected chi connectivity index (χ3v) is 11.6. The lowest BCUT2D eigenvalue weighted by atomic mass is 9.43. The molecule has 5 nitrogen and oxygen atoms in total. The number of fused-ring (bicyclic) bond motifs is 5. The number of urea groups is 1. The van der Waals surface area contributed by atoms with Crippen molar-refractivity contribution in [2.45, 2.75) is 112 Å². The number of carbonyl (C=O) groups excluding carboxylic acids is 2. The Morgan fingerprint density at radius 3 is 2.37 bits per heavy atom. The summed E-state index contributed by atoms with van der Waals surface area (Å²) in [5, 5.41) is 4.63. The van der Waals surface area contributed by atoms with E-state index in [1.54, 1.807) is 6.92 Å². The average molecular weight is 486 g/mol. The zero-order chi connectivity index (χ0) is 25.5. The van der Waals surface area contributed by atoms with Gasteiger partial charge in [-0.3, -0.25) is 4.79 Å². The summed E-state index contributed by atoms with van der Waals surface area (Å²) < 4.78 is 0. The van der Waals surface area contributed by atoms with Gasteiger partial charge in [0.2, 0.25) is 0 Å². The van der Waals surface area contributed by atoms with E-state index in [1.165, 1.54) is 44.9 Å². The van der Waals surface area contributed by atoms with Crippen molar-refractivity contribution in [1.82, 2.24) is 5.43 Å². The number of nitrogens with two attached hydrogens (primary N) is 1. The summed E-state index contributed by atoms with van der Waals surface area (Å²) in [5.74, 6) is 5.18. The van der Waals surface area contributed by atoms with Gasteiger partial charge in [-0.05, 0) is 105 Å². The van der Waals surface area contributed by atoms with Crippen molar-refractivity contribution in [3.05, 3.63) is 0 Å². The molecule has 0 aromatic heterocycles. The van der Waals surface area contributed by atoms with Gasteiger partial charge in [0.1, 0.15) is 5.78 Å². The quantitative estimate of drug-likeness (QED) is 0.382. The van der Waals surface area contributed by atoms with E-state index < -0.39 is 6.03 Å². The molecule has 4 aliphatic rings. The summed E-state index contributed by atoms with van der Waals surface area (Å²) >= 11 is 0. The van der Waals surface area contributed by atoms with Crippen molar-refractivity contribution < 1.29 is 9.59 Å². The molecule has 4 aliphatic carbocycles. The van der Waals surface area contributed by atoms with Crippen molar-refractivity contribution >= 4 is 17.5 Å². The molecule has 2 amide bonds. The minimum atomic E-state index is -0.593. The van der Waals surface area contributed by atoms with E-state index in [1.807, 2.05) is 0 Å². The molecule has 0 saturated heterocycles. The highest BCUT2D eigenvalue weighted by Crippen LogP contribution is 2.68. The van der Waals surface area contributed by atoms with Crippen LogP contribution >= 0.6 is 0 Å². The minimum Gasteiger partial charge on any atom is -0.350 e. The number of hydrogen-bond donors (Lipinski definition) is 2. The summed E-state index contributed by atoms with van der Waals surface area (Å²) in [4.78, 5) is 23.9. The molecule has 5 heteroatoms. The van der Waals surface area contributed by atoms with Gasteiger partial charge in [0.05, 0.1) is 0 Å². The molecular weight excluding hydrogens is 434 g/mol. The molecule has 4 saturated carbocycles. The second kappa shape index (κ2) is 10.2. The minimum absolute atomic E-state index is 0.125. The molecule has 35 heavy (non-hydrogen) atoms. The summed E-state index contributed by atoms with van der Waals surface area (Å²) in [6.07, 6.45) is 13.4.